The van der Waals surface area contributed by atoms with E-state index in [0.29, 0.717) is 10.8 Å². The largest absolute Gasteiger partial charge is 0.396 e. The summed E-state index contributed by atoms with van der Waals surface area (Å²) in [5.41, 5.74) is 1.89. The van der Waals surface area contributed by atoms with Crippen molar-refractivity contribution in [1.29, 1.82) is 0 Å². The molecule has 3 rings (SSSR count). The van der Waals surface area contributed by atoms with Gasteiger partial charge in [0.2, 0.25) is 0 Å². The van der Waals surface area contributed by atoms with Crippen molar-refractivity contribution in [2.45, 2.75) is 4.90 Å². The normalized spacial score (nSPS) is 11.2. The zero-order valence-electron chi connectivity index (χ0n) is 11.1. The molecule has 1 heterocycles. The number of halogens is 2. The van der Waals surface area contributed by atoms with E-state index in [4.69, 9.17) is 16.7 Å². The summed E-state index contributed by atoms with van der Waals surface area (Å²) in [4.78, 5) is 1.05. The molecule has 0 aliphatic carbocycles. The van der Waals surface area contributed by atoms with Gasteiger partial charge in [0.1, 0.15) is 5.82 Å². The van der Waals surface area contributed by atoms with Crippen molar-refractivity contribution in [2.75, 3.05) is 12.4 Å². The zero-order chi connectivity index (χ0) is 14.8. The molecular weight excluding hydrogens is 309 g/mol. The van der Waals surface area contributed by atoms with Crippen LogP contribution in [0.4, 0.5) is 4.39 Å². The summed E-state index contributed by atoms with van der Waals surface area (Å²) >= 11 is 7.66. The smallest absolute Gasteiger partial charge is 0.123 e. The minimum atomic E-state index is -0.256. The average Bonchev–Trinajstić information content (AvgIpc) is 2.84. The molecule has 5 heteroatoms. The van der Waals surface area contributed by atoms with Crippen molar-refractivity contribution >= 4 is 34.3 Å². The molecule has 0 unspecified atom stereocenters. The van der Waals surface area contributed by atoms with Crippen LogP contribution in [0.2, 0.25) is 5.02 Å². The molecule has 0 amide bonds. The van der Waals surface area contributed by atoms with E-state index in [9.17, 15) is 4.39 Å². The predicted molar refractivity (Wildman–Crippen MR) is 86.1 cm³/mol. The van der Waals surface area contributed by atoms with E-state index in [1.807, 2.05) is 29.0 Å². The van der Waals surface area contributed by atoms with Gasteiger partial charge in [-0.15, -0.1) is 11.8 Å². The Bertz CT molecular complexity index is 770. The SMILES string of the molecule is OCCSc1cn(-c2ccc(F)cc2)c2ccc(Cl)cc12. The maximum atomic E-state index is 13.1. The van der Waals surface area contributed by atoms with Gasteiger partial charge in [0, 0.05) is 32.9 Å². The molecule has 0 atom stereocenters. The van der Waals surface area contributed by atoms with Gasteiger partial charge in [-0.1, -0.05) is 11.6 Å². The monoisotopic (exact) mass is 321 g/mol. The Kier molecular flexibility index (Phi) is 4.19. The van der Waals surface area contributed by atoms with E-state index in [1.165, 1.54) is 12.1 Å². The third-order valence-corrected chi connectivity index (χ3v) is 4.44. The van der Waals surface area contributed by atoms with E-state index in [-0.39, 0.29) is 12.4 Å². The number of nitrogens with zero attached hydrogens (tertiary/aromatic N) is 1. The van der Waals surface area contributed by atoms with Crippen molar-refractivity contribution in [1.82, 2.24) is 4.57 Å². The molecule has 2 nitrogen and oxygen atoms in total. The lowest BCUT2D eigenvalue weighted by Crippen LogP contribution is -1.91. The summed E-state index contributed by atoms with van der Waals surface area (Å²) in [5.74, 6) is 0.364. The van der Waals surface area contributed by atoms with Crippen LogP contribution >= 0.6 is 23.4 Å². The number of fused-ring (bicyclic) bond motifs is 1. The van der Waals surface area contributed by atoms with Gasteiger partial charge in [0.25, 0.3) is 0 Å². The van der Waals surface area contributed by atoms with Crippen LogP contribution < -0.4 is 0 Å². The number of hydrogen-bond acceptors (Lipinski definition) is 2. The van der Waals surface area contributed by atoms with Crippen LogP contribution in [0.5, 0.6) is 0 Å². The summed E-state index contributed by atoms with van der Waals surface area (Å²) in [6.45, 7) is 0.119. The fourth-order valence-corrected chi connectivity index (χ4v) is 3.24. The van der Waals surface area contributed by atoms with Crippen LogP contribution in [-0.4, -0.2) is 22.0 Å². The quantitative estimate of drug-likeness (QED) is 0.715. The number of hydrogen-bond donors (Lipinski definition) is 1. The first-order chi connectivity index (χ1) is 10.2. The Morgan fingerprint density at radius 2 is 1.90 bits per heavy atom. The van der Waals surface area contributed by atoms with Gasteiger partial charge >= 0.3 is 0 Å². The molecule has 0 saturated carbocycles. The third-order valence-electron chi connectivity index (χ3n) is 3.18. The van der Waals surface area contributed by atoms with Gasteiger partial charge in [-0.2, -0.15) is 0 Å². The fourth-order valence-electron chi connectivity index (χ4n) is 2.26. The number of aromatic nitrogens is 1. The maximum Gasteiger partial charge on any atom is 0.123 e. The van der Waals surface area contributed by atoms with Crippen molar-refractivity contribution in [3.05, 3.63) is 59.5 Å². The number of aliphatic hydroxyl groups excluding tert-OH is 1. The molecular formula is C16H13ClFNOS. The van der Waals surface area contributed by atoms with Crippen LogP contribution in [0.15, 0.2) is 53.6 Å². The van der Waals surface area contributed by atoms with E-state index in [0.717, 1.165) is 21.5 Å². The molecule has 0 fully saturated rings. The molecule has 0 aliphatic heterocycles. The van der Waals surface area contributed by atoms with E-state index < -0.39 is 0 Å². The van der Waals surface area contributed by atoms with Gasteiger partial charge in [0.05, 0.1) is 12.1 Å². The van der Waals surface area contributed by atoms with Gasteiger partial charge in [0.15, 0.2) is 0 Å². The molecule has 21 heavy (non-hydrogen) atoms. The van der Waals surface area contributed by atoms with Crippen LogP contribution in [-0.2, 0) is 0 Å². The lowest BCUT2D eigenvalue weighted by Gasteiger charge is -2.05. The highest BCUT2D eigenvalue weighted by Gasteiger charge is 2.11. The van der Waals surface area contributed by atoms with Crippen LogP contribution in [0.3, 0.4) is 0 Å². The highest BCUT2D eigenvalue weighted by molar-refractivity contribution is 7.99. The summed E-state index contributed by atoms with van der Waals surface area (Å²) in [7, 11) is 0. The Hall–Kier alpha value is -1.49. The van der Waals surface area contributed by atoms with E-state index >= 15 is 0 Å². The molecule has 3 aromatic rings. The second-order valence-corrected chi connectivity index (χ2v) is 6.15. The molecule has 0 aliphatic rings. The van der Waals surface area contributed by atoms with Gasteiger partial charge in [-0.05, 0) is 42.5 Å². The molecule has 0 spiro atoms. The number of aliphatic hydroxyl groups is 1. The van der Waals surface area contributed by atoms with Crippen molar-refractivity contribution in [2.24, 2.45) is 0 Å². The highest BCUT2D eigenvalue weighted by Crippen LogP contribution is 2.33. The second kappa shape index (κ2) is 6.10. The summed E-state index contributed by atoms with van der Waals surface area (Å²) in [6.07, 6.45) is 1.99. The predicted octanol–water partition coefficient (Wildman–Crippen LogP) is 4.51. The Balaban J connectivity index is 2.16. The molecule has 108 valence electrons. The average molecular weight is 322 g/mol. The number of rotatable bonds is 4. The second-order valence-electron chi connectivity index (χ2n) is 4.57. The number of thioether (sulfide) groups is 1. The van der Waals surface area contributed by atoms with Crippen LogP contribution in [0.1, 0.15) is 0 Å². The Labute approximate surface area is 131 Å². The van der Waals surface area contributed by atoms with Crippen LogP contribution in [0.25, 0.3) is 16.6 Å². The summed E-state index contributed by atoms with van der Waals surface area (Å²) in [5, 5.41) is 10.7. The minimum absolute atomic E-state index is 0.119. The first kappa shape index (κ1) is 14.4. The Morgan fingerprint density at radius 1 is 1.14 bits per heavy atom. The van der Waals surface area contributed by atoms with E-state index in [1.54, 1.807) is 23.9 Å². The Morgan fingerprint density at radius 3 is 2.62 bits per heavy atom. The van der Waals surface area contributed by atoms with Gasteiger partial charge in [-0.25, -0.2) is 4.39 Å². The molecule has 1 N–H and O–H groups in total. The summed E-state index contributed by atoms with van der Waals surface area (Å²) in [6, 6.07) is 12.1. The van der Waals surface area contributed by atoms with Crippen molar-refractivity contribution < 1.29 is 9.50 Å². The van der Waals surface area contributed by atoms with Crippen LogP contribution in [0, 0.1) is 5.82 Å². The lowest BCUT2D eigenvalue weighted by atomic mass is 10.2. The lowest BCUT2D eigenvalue weighted by molar-refractivity contribution is 0.322. The third kappa shape index (κ3) is 2.93. The molecule has 0 radical (unpaired) electrons. The standard InChI is InChI=1S/C16H13ClFNOS/c17-11-1-6-15-14(9-11)16(21-8-7-20)10-19(15)13-4-2-12(18)3-5-13/h1-6,9-10,20H,7-8H2. The fraction of sp³-hybridized carbons (Fsp3) is 0.125. The van der Waals surface area contributed by atoms with Gasteiger partial charge in [-0.3, -0.25) is 0 Å². The van der Waals surface area contributed by atoms with E-state index in [2.05, 4.69) is 0 Å². The minimum Gasteiger partial charge on any atom is -0.396 e. The molecule has 0 saturated heterocycles. The first-order valence-electron chi connectivity index (χ1n) is 6.49. The zero-order valence-corrected chi connectivity index (χ0v) is 12.7. The van der Waals surface area contributed by atoms with Crippen molar-refractivity contribution in [3.63, 3.8) is 0 Å². The van der Waals surface area contributed by atoms with Crippen molar-refractivity contribution in [3.8, 4) is 5.69 Å². The molecule has 0 bridgehead atoms. The topological polar surface area (TPSA) is 25.2 Å². The van der Waals surface area contributed by atoms with Gasteiger partial charge < -0.3 is 9.67 Å². The highest BCUT2D eigenvalue weighted by atomic mass is 35.5. The first-order valence-corrected chi connectivity index (χ1v) is 7.85. The molecule has 2 aromatic carbocycles. The molecule has 1 aromatic heterocycles. The maximum absolute atomic E-state index is 13.1. The number of benzene rings is 2. The summed E-state index contributed by atoms with van der Waals surface area (Å²) < 4.78 is 15.1.